The van der Waals surface area contributed by atoms with E-state index in [9.17, 15) is 9.59 Å². The Hall–Kier alpha value is -3.09. The zero-order valence-electron chi connectivity index (χ0n) is 16.4. The highest BCUT2D eigenvalue weighted by molar-refractivity contribution is 6.35. The van der Waals surface area contributed by atoms with Gasteiger partial charge in [0, 0.05) is 28.7 Å². The fourth-order valence-electron chi connectivity index (χ4n) is 2.65. The molecule has 0 radical (unpaired) electrons. The van der Waals surface area contributed by atoms with E-state index in [4.69, 9.17) is 4.74 Å². The first-order chi connectivity index (χ1) is 12.9. The standard InChI is InChI=1S/C20H26N4O3/c1-6-13(2)22-19(25)20(26)23-21-12-16-11-14(3)24(15(16)4)17-7-9-18(27-5)10-8-17/h7-13H,6H2,1-5H3,(H,22,25)(H,23,26)/b21-12-/t13-/m0/s1. The third-order valence-electron chi connectivity index (χ3n) is 4.37. The van der Waals surface area contributed by atoms with Crippen LogP contribution in [0.25, 0.3) is 5.69 Å². The number of aryl methyl sites for hydroxylation is 1. The topological polar surface area (TPSA) is 84.7 Å². The Bertz CT molecular complexity index is 838. The fraction of sp³-hybridized carbons (Fsp3) is 0.350. The number of hydrazone groups is 1. The Balaban J connectivity index is 2.10. The number of rotatable bonds is 6. The number of aromatic nitrogens is 1. The van der Waals surface area contributed by atoms with E-state index in [1.165, 1.54) is 6.21 Å². The summed E-state index contributed by atoms with van der Waals surface area (Å²) in [6.07, 6.45) is 2.29. The number of carbonyl (C=O) groups excluding carboxylic acids is 2. The van der Waals surface area contributed by atoms with Crippen molar-refractivity contribution < 1.29 is 14.3 Å². The van der Waals surface area contributed by atoms with Crippen LogP contribution >= 0.6 is 0 Å². The largest absolute Gasteiger partial charge is 0.497 e. The van der Waals surface area contributed by atoms with Crippen molar-refractivity contribution in [2.45, 2.75) is 40.2 Å². The third-order valence-corrected chi connectivity index (χ3v) is 4.37. The highest BCUT2D eigenvalue weighted by atomic mass is 16.5. The van der Waals surface area contributed by atoms with Crippen molar-refractivity contribution in [2.24, 2.45) is 5.10 Å². The predicted octanol–water partition coefficient (Wildman–Crippen LogP) is 2.47. The summed E-state index contributed by atoms with van der Waals surface area (Å²) in [6, 6.07) is 9.65. The van der Waals surface area contributed by atoms with Crippen LogP contribution < -0.4 is 15.5 Å². The summed E-state index contributed by atoms with van der Waals surface area (Å²) in [5.74, 6) is -0.679. The lowest BCUT2D eigenvalue weighted by Gasteiger charge is -2.10. The number of amides is 2. The molecule has 0 aliphatic rings. The Kier molecular flexibility index (Phi) is 6.76. The molecule has 144 valence electrons. The van der Waals surface area contributed by atoms with Crippen molar-refractivity contribution in [3.8, 4) is 11.4 Å². The van der Waals surface area contributed by atoms with Gasteiger partial charge in [0.1, 0.15) is 5.75 Å². The van der Waals surface area contributed by atoms with Gasteiger partial charge in [-0.3, -0.25) is 9.59 Å². The zero-order chi connectivity index (χ0) is 20.0. The van der Waals surface area contributed by atoms with Gasteiger partial charge in [0.15, 0.2) is 0 Å². The maximum atomic E-state index is 11.8. The smallest absolute Gasteiger partial charge is 0.329 e. The van der Waals surface area contributed by atoms with Gasteiger partial charge in [0.05, 0.1) is 13.3 Å². The summed E-state index contributed by atoms with van der Waals surface area (Å²) in [4.78, 5) is 23.5. The quantitative estimate of drug-likeness (QED) is 0.465. The molecule has 1 aromatic carbocycles. The van der Waals surface area contributed by atoms with Crippen LogP contribution in [0.5, 0.6) is 5.75 Å². The van der Waals surface area contributed by atoms with Crippen molar-refractivity contribution in [3.05, 3.63) is 47.3 Å². The number of ether oxygens (including phenoxy) is 1. The minimum absolute atomic E-state index is 0.0596. The number of hydrogen-bond acceptors (Lipinski definition) is 4. The molecule has 0 spiro atoms. The van der Waals surface area contributed by atoms with Gasteiger partial charge in [-0.25, -0.2) is 5.43 Å². The maximum absolute atomic E-state index is 11.8. The SMILES string of the molecule is CC[C@H](C)NC(=O)C(=O)N/N=C\c1cc(C)n(-c2ccc(OC)cc2)c1C. The second-order valence-corrected chi connectivity index (χ2v) is 6.34. The maximum Gasteiger partial charge on any atom is 0.329 e. The molecule has 0 saturated heterocycles. The van der Waals surface area contributed by atoms with E-state index in [-0.39, 0.29) is 6.04 Å². The number of nitrogens with one attached hydrogen (secondary N) is 2. The minimum atomic E-state index is -0.782. The van der Waals surface area contributed by atoms with Gasteiger partial charge in [0.2, 0.25) is 0 Å². The molecule has 0 unspecified atom stereocenters. The summed E-state index contributed by atoms with van der Waals surface area (Å²) in [7, 11) is 1.63. The molecule has 2 amide bonds. The molecule has 1 aromatic heterocycles. The Morgan fingerprint density at radius 1 is 1.22 bits per heavy atom. The van der Waals surface area contributed by atoms with Gasteiger partial charge in [-0.15, -0.1) is 0 Å². The second kappa shape index (κ2) is 9.02. The molecular formula is C20H26N4O3. The molecule has 27 heavy (non-hydrogen) atoms. The molecule has 0 fully saturated rings. The number of nitrogens with zero attached hydrogens (tertiary/aromatic N) is 2. The van der Waals surface area contributed by atoms with Crippen molar-refractivity contribution in [1.82, 2.24) is 15.3 Å². The van der Waals surface area contributed by atoms with E-state index in [1.54, 1.807) is 7.11 Å². The van der Waals surface area contributed by atoms with E-state index in [2.05, 4.69) is 20.4 Å². The molecule has 7 heteroatoms. The molecule has 2 rings (SSSR count). The van der Waals surface area contributed by atoms with Crippen molar-refractivity contribution in [3.63, 3.8) is 0 Å². The van der Waals surface area contributed by atoms with Gasteiger partial charge in [-0.05, 0) is 57.5 Å². The van der Waals surface area contributed by atoms with Crippen LogP contribution in [0.15, 0.2) is 35.4 Å². The van der Waals surface area contributed by atoms with Crippen LogP contribution in [0.4, 0.5) is 0 Å². The fourth-order valence-corrected chi connectivity index (χ4v) is 2.65. The molecule has 0 saturated carbocycles. The number of methoxy groups -OCH3 is 1. The molecule has 0 bridgehead atoms. The van der Waals surface area contributed by atoms with Crippen LogP contribution in [0, 0.1) is 13.8 Å². The Labute approximate surface area is 159 Å². The van der Waals surface area contributed by atoms with Crippen LogP contribution in [-0.2, 0) is 9.59 Å². The molecule has 1 heterocycles. The molecule has 2 aromatic rings. The number of carbonyl (C=O) groups is 2. The van der Waals surface area contributed by atoms with Gasteiger partial charge in [-0.2, -0.15) is 5.10 Å². The average molecular weight is 370 g/mol. The van der Waals surface area contributed by atoms with Crippen molar-refractivity contribution in [1.29, 1.82) is 0 Å². The molecule has 2 N–H and O–H groups in total. The highest BCUT2D eigenvalue weighted by Crippen LogP contribution is 2.21. The summed E-state index contributed by atoms with van der Waals surface area (Å²) in [5, 5.41) is 6.51. The monoisotopic (exact) mass is 370 g/mol. The molecular weight excluding hydrogens is 344 g/mol. The zero-order valence-corrected chi connectivity index (χ0v) is 16.4. The lowest BCUT2D eigenvalue weighted by Crippen LogP contribution is -2.41. The van der Waals surface area contributed by atoms with Gasteiger partial charge in [-0.1, -0.05) is 6.92 Å². The van der Waals surface area contributed by atoms with Crippen LogP contribution in [0.1, 0.15) is 37.2 Å². The lowest BCUT2D eigenvalue weighted by molar-refractivity contribution is -0.139. The molecule has 0 aliphatic carbocycles. The van der Waals surface area contributed by atoms with Crippen molar-refractivity contribution >= 4 is 18.0 Å². The first-order valence-corrected chi connectivity index (χ1v) is 8.84. The van der Waals surface area contributed by atoms with Gasteiger partial charge in [0.25, 0.3) is 0 Å². The molecule has 0 aliphatic heterocycles. The summed E-state index contributed by atoms with van der Waals surface area (Å²) in [6.45, 7) is 7.73. The predicted molar refractivity (Wildman–Crippen MR) is 105 cm³/mol. The third kappa shape index (κ3) is 4.97. The van der Waals surface area contributed by atoms with E-state index in [0.717, 1.165) is 34.8 Å². The summed E-state index contributed by atoms with van der Waals surface area (Å²) < 4.78 is 7.27. The minimum Gasteiger partial charge on any atom is -0.497 e. The van der Waals surface area contributed by atoms with Crippen molar-refractivity contribution in [2.75, 3.05) is 7.11 Å². The number of hydrogen-bond donors (Lipinski definition) is 2. The average Bonchev–Trinajstić information content (AvgIpc) is 2.95. The van der Waals surface area contributed by atoms with Crippen LogP contribution in [0.2, 0.25) is 0 Å². The van der Waals surface area contributed by atoms with E-state index < -0.39 is 11.8 Å². The molecule has 7 nitrogen and oxygen atoms in total. The van der Waals surface area contributed by atoms with Gasteiger partial charge < -0.3 is 14.6 Å². The van der Waals surface area contributed by atoms with Crippen LogP contribution in [-0.4, -0.2) is 35.7 Å². The van der Waals surface area contributed by atoms with Crippen LogP contribution in [0.3, 0.4) is 0 Å². The Morgan fingerprint density at radius 2 is 1.89 bits per heavy atom. The Morgan fingerprint density at radius 3 is 2.48 bits per heavy atom. The lowest BCUT2D eigenvalue weighted by atomic mass is 10.2. The second-order valence-electron chi connectivity index (χ2n) is 6.34. The van der Waals surface area contributed by atoms with Gasteiger partial charge >= 0.3 is 11.8 Å². The van der Waals surface area contributed by atoms with E-state index in [0.29, 0.717) is 0 Å². The first kappa shape index (κ1) is 20.2. The summed E-state index contributed by atoms with van der Waals surface area (Å²) >= 11 is 0. The number of benzene rings is 1. The molecule has 1 atom stereocenters. The highest BCUT2D eigenvalue weighted by Gasteiger charge is 2.14. The normalized spacial score (nSPS) is 12.0. The summed E-state index contributed by atoms with van der Waals surface area (Å²) in [5.41, 5.74) is 6.12. The van der Waals surface area contributed by atoms with E-state index >= 15 is 0 Å². The van der Waals surface area contributed by atoms with E-state index in [1.807, 2.05) is 58.0 Å². The first-order valence-electron chi connectivity index (χ1n) is 8.84.